The molecule has 6 atom stereocenters. The number of rotatable bonds is 4. The number of ether oxygens (including phenoxy) is 3. The maximum absolute atomic E-state index is 13.5. The summed E-state index contributed by atoms with van der Waals surface area (Å²) in [6.45, 7) is 1.60. The molecule has 0 bridgehead atoms. The lowest BCUT2D eigenvalue weighted by Gasteiger charge is -2.42. The molecule has 1 saturated heterocycles. The van der Waals surface area contributed by atoms with Gasteiger partial charge in [0.15, 0.2) is 24.0 Å². The summed E-state index contributed by atoms with van der Waals surface area (Å²) in [5, 5.41) is 43.6. The van der Waals surface area contributed by atoms with Crippen molar-refractivity contribution in [3.63, 3.8) is 0 Å². The molecular weight excluding hydrogens is 486 g/mol. The highest BCUT2D eigenvalue weighted by atomic mass is 16.7. The molecule has 11 nitrogen and oxygen atoms in total. The Morgan fingerprint density at radius 1 is 1.11 bits per heavy atom. The Kier molecular flexibility index (Phi) is 6.08. The molecule has 2 aromatic carbocycles. The van der Waals surface area contributed by atoms with E-state index in [1.54, 1.807) is 6.92 Å². The van der Waals surface area contributed by atoms with E-state index in [-0.39, 0.29) is 52.7 Å². The molecule has 2 aromatic rings. The third-order valence-corrected chi connectivity index (χ3v) is 7.51. The van der Waals surface area contributed by atoms with E-state index in [9.17, 15) is 34.8 Å². The molecule has 1 heterocycles. The molecule has 0 amide bonds. The van der Waals surface area contributed by atoms with E-state index in [0.29, 0.717) is 0 Å². The van der Waals surface area contributed by atoms with Crippen molar-refractivity contribution in [3.8, 4) is 17.2 Å². The van der Waals surface area contributed by atoms with Gasteiger partial charge < -0.3 is 45.2 Å². The lowest BCUT2D eigenvalue weighted by atomic mass is 9.73. The number of ketones is 2. The van der Waals surface area contributed by atoms with E-state index in [4.69, 9.17) is 19.9 Å². The number of benzene rings is 2. The summed E-state index contributed by atoms with van der Waals surface area (Å²) >= 11 is 0. The van der Waals surface area contributed by atoms with Crippen LogP contribution in [0.1, 0.15) is 56.3 Å². The molecule has 2 aliphatic carbocycles. The highest BCUT2D eigenvalue weighted by Crippen LogP contribution is 2.48. The molecular formula is C26H27NO10. The minimum absolute atomic E-state index is 0.00346. The van der Waals surface area contributed by atoms with Gasteiger partial charge in [0.05, 0.1) is 36.0 Å². The first kappa shape index (κ1) is 25.3. The second-order valence-corrected chi connectivity index (χ2v) is 9.72. The maximum Gasteiger partial charge on any atom is 0.202 e. The minimum Gasteiger partial charge on any atom is -0.507 e. The number of phenols is 2. The van der Waals surface area contributed by atoms with Gasteiger partial charge in [-0.15, -0.1) is 0 Å². The number of methoxy groups -OCH3 is 1. The van der Waals surface area contributed by atoms with Crippen molar-refractivity contribution >= 4 is 17.9 Å². The van der Waals surface area contributed by atoms with Crippen LogP contribution in [0.4, 0.5) is 0 Å². The van der Waals surface area contributed by atoms with E-state index in [1.807, 2.05) is 0 Å². The molecule has 3 unspecified atom stereocenters. The second-order valence-electron chi connectivity index (χ2n) is 9.72. The molecule has 5 rings (SSSR count). The van der Waals surface area contributed by atoms with Gasteiger partial charge in [0, 0.05) is 42.0 Å². The molecule has 1 aliphatic heterocycles. The van der Waals surface area contributed by atoms with Gasteiger partial charge in [-0.2, -0.15) is 0 Å². The van der Waals surface area contributed by atoms with Crippen LogP contribution in [0, 0.1) is 0 Å². The first-order valence-electron chi connectivity index (χ1n) is 11.8. The lowest BCUT2D eigenvalue weighted by Crippen LogP contribution is -2.56. The van der Waals surface area contributed by atoms with E-state index in [2.05, 4.69) is 0 Å². The van der Waals surface area contributed by atoms with Crippen LogP contribution in [-0.2, 0) is 27.1 Å². The summed E-state index contributed by atoms with van der Waals surface area (Å²) in [5.74, 6) is -2.43. The fourth-order valence-electron chi connectivity index (χ4n) is 5.46. The quantitative estimate of drug-likeness (QED) is 0.236. The van der Waals surface area contributed by atoms with Gasteiger partial charge in [0.2, 0.25) is 5.78 Å². The van der Waals surface area contributed by atoms with E-state index < -0.39 is 71.3 Å². The molecule has 11 heteroatoms. The molecule has 1 fully saturated rings. The normalized spacial score (nSPS) is 30.8. The van der Waals surface area contributed by atoms with Crippen LogP contribution >= 0.6 is 0 Å². The third kappa shape index (κ3) is 3.73. The van der Waals surface area contributed by atoms with Crippen molar-refractivity contribution in [1.82, 2.24) is 0 Å². The van der Waals surface area contributed by atoms with Crippen molar-refractivity contribution < 1.29 is 49.0 Å². The molecule has 3 aliphatic rings. The van der Waals surface area contributed by atoms with Crippen molar-refractivity contribution in [3.05, 3.63) is 51.6 Å². The Balaban J connectivity index is 1.59. The van der Waals surface area contributed by atoms with Crippen molar-refractivity contribution in [2.45, 2.75) is 62.4 Å². The van der Waals surface area contributed by atoms with Crippen molar-refractivity contribution in [2.75, 3.05) is 7.11 Å². The number of nitrogens with two attached hydrogens (primary N) is 1. The van der Waals surface area contributed by atoms with Gasteiger partial charge in [0.1, 0.15) is 23.4 Å². The van der Waals surface area contributed by atoms with Gasteiger partial charge in [-0.1, -0.05) is 12.1 Å². The molecule has 37 heavy (non-hydrogen) atoms. The van der Waals surface area contributed by atoms with Crippen LogP contribution in [0.3, 0.4) is 0 Å². The topological polar surface area (TPSA) is 186 Å². The number of carbonyl (C=O) groups is 3. The van der Waals surface area contributed by atoms with Gasteiger partial charge in [-0.05, 0) is 13.0 Å². The fourth-order valence-corrected chi connectivity index (χ4v) is 5.46. The molecule has 6 N–H and O–H groups in total. The summed E-state index contributed by atoms with van der Waals surface area (Å²) in [7, 11) is 1.34. The summed E-state index contributed by atoms with van der Waals surface area (Å²) in [6.07, 6.45) is -4.25. The zero-order valence-electron chi connectivity index (χ0n) is 20.1. The number of aliphatic hydroxyl groups is 2. The van der Waals surface area contributed by atoms with Gasteiger partial charge in [-0.3, -0.25) is 9.59 Å². The predicted octanol–water partition coefficient (Wildman–Crippen LogP) is 0.119. The smallest absolute Gasteiger partial charge is 0.202 e. The number of hydrogen-bond donors (Lipinski definition) is 5. The van der Waals surface area contributed by atoms with E-state index in [1.165, 1.54) is 25.3 Å². The first-order valence-corrected chi connectivity index (χ1v) is 11.8. The number of hydrogen-bond acceptors (Lipinski definition) is 11. The SMILES string of the molecule is COc1cccc2c1C(=O)c1c(O)c3c(c(O)c1C2=O)C[C@@](O)(C=O)[C@H](OC1CC(N)[C@H](O)C(C)O1)C3. The largest absolute Gasteiger partial charge is 0.507 e. The number of carbonyl (C=O) groups excluding carboxylic acids is 3. The third-order valence-electron chi connectivity index (χ3n) is 7.51. The number of aromatic hydroxyl groups is 2. The fraction of sp³-hybridized carbons (Fsp3) is 0.423. The Labute approximate surface area is 211 Å². The summed E-state index contributed by atoms with van der Waals surface area (Å²) in [4.78, 5) is 38.9. The van der Waals surface area contributed by atoms with Crippen LogP contribution in [0.25, 0.3) is 0 Å². The van der Waals surface area contributed by atoms with Gasteiger partial charge in [-0.25, -0.2) is 0 Å². The monoisotopic (exact) mass is 513 g/mol. The predicted molar refractivity (Wildman–Crippen MR) is 126 cm³/mol. The molecule has 0 aromatic heterocycles. The zero-order valence-corrected chi connectivity index (χ0v) is 20.1. The molecule has 0 saturated carbocycles. The zero-order chi connectivity index (χ0) is 26.8. The maximum atomic E-state index is 13.5. The molecule has 0 spiro atoms. The first-order chi connectivity index (χ1) is 17.5. The summed E-state index contributed by atoms with van der Waals surface area (Å²) in [6, 6.07) is 3.77. The number of phenolic OH excluding ortho intramolecular Hbond substituents is 2. The highest BCUT2D eigenvalue weighted by Gasteiger charge is 2.49. The van der Waals surface area contributed by atoms with E-state index in [0.717, 1.165) is 0 Å². The molecule has 196 valence electrons. The van der Waals surface area contributed by atoms with E-state index >= 15 is 0 Å². The average Bonchev–Trinajstić information content (AvgIpc) is 2.88. The van der Waals surface area contributed by atoms with Crippen LogP contribution < -0.4 is 10.5 Å². The highest BCUT2D eigenvalue weighted by molar-refractivity contribution is 6.31. The lowest BCUT2D eigenvalue weighted by molar-refractivity contribution is -0.259. The van der Waals surface area contributed by atoms with Crippen LogP contribution in [0.5, 0.6) is 17.2 Å². The second kappa shape index (κ2) is 8.89. The minimum atomic E-state index is -2.15. The Bertz CT molecular complexity index is 1310. The van der Waals surface area contributed by atoms with Crippen molar-refractivity contribution in [1.29, 1.82) is 0 Å². The van der Waals surface area contributed by atoms with Crippen LogP contribution in [0.2, 0.25) is 0 Å². The Morgan fingerprint density at radius 3 is 2.43 bits per heavy atom. The standard InChI is InChI=1S/C26H27NO10/c1-10-21(29)14(27)7-17(36-10)37-16-6-12-13(8-26(16,34)9-28)24(32)19-20(23(12)31)25(33)18-11(22(19)30)4-3-5-15(18)35-2/h3-5,9-10,14,16-17,21,29,31-32,34H,6-8,27H2,1-2H3/t10?,14?,16-,17?,21-,26-/m1/s1. The Hall–Kier alpha value is -3.35. The number of fused-ring (bicyclic) bond motifs is 3. The number of aliphatic hydroxyl groups excluding tert-OH is 1. The van der Waals surface area contributed by atoms with Crippen molar-refractivity contribution in [2.24, 2.45) is 5.73 Å². The summed E-state index contributed by atoms with van der Waals surface area (Å²) in [5.41, 5.74) is 2.99. The molecule has 0 radical (unpaired) electrons. The average molecular weight is 513 g/mol. The van der Waals surface area contributed by atoms with Gasteiger partial charge in [0.25, 0.3) is 0 Å². The number of aldehydes is 1. The van der Waals surface area contributed by atoms with Gasteiger partial charge >= 0.3 is 0 Å². The Morgan fingerprint density at radius 2 is 1.78 bits per heavy atom. The summed E-state index contributed by atoms with van der Waals surface area (Å²) < 4.78 is 16.8. The van der Waals surface area contributed by atoms with Crippen LogP contribution in [0.15, 0.2) is 18.2 Å². The van der Waals surface area contributed by atoms with Crippen LogP contribution in [-0.4, -0.2) is 81.6 Å².